The minimum atomic E-state index is -4.34. The molecule has 0 aromatic carbocycles. The first-order valence-corrected chi connectivity index (χ1v) is 10.8. The van der Waals surface area contributed by atoms with Crippen LogP contribution in [-0.2, 0) is 9.59 Å². The van der Waals surface area contributed by atoms with E-state index in [1.807, 2.05) is 6.92 Å². The SMILES string of the molecule is CCN(C(=O)[C@H]1CC[C@@H](N(CCC(F)(F)F)C(C)=O)C1)c1cn(-c2cccnc2)nc1Cl. The Morgan fingerprint density at radius 2 is 2.06 bits per heavy atom. The molecule has 32 heavy (non-hydrogen) atoms. The van der Waals surface area contributed by atoms with Gasteiger partial charge in [0.25, 0.3) is 0 Å². The first-order valence-electron chi connectivity index (χ1n) is 10.4. The predicted molar refractivity (Wildman–Crippen MR) is 114 cm³/mol. The third-order valence-electron chi connectivity index (χ3n) is 5.67. The standard InChI is InChI=1S/C21H25ClF3N5O2/c1-3-28(18-13-30(27-19(18)22)17-5-4-9-26-12-17)20(32)15-6-7-16(11-15)29(14(2)31)10-8-21(23,24)25/h4-5,9,12-13,15-16H,3,6-8,10-11H2,1-2H3/t15-,16+/m0/s1. The van der Waals surface area contributed by atoms with E-state index < -0.39 is 37.0 Å². The molecule has 1 fully saturated rings. The van der Waals surface area contributed by atoms with Crippen molar-refractivity contribution in [2.24, 2.45) is 5.92 Å². The van der Waals surface area contributed by atoms with Crippen LogP contribution >= 0.6 is 11.6 Å². The second-order valence-corrected chi connectivity index (χ2v) is 8.14. The zero-order valence-corrected chi connectivity index (χ0v) is 18.6. The van der Waals surface area contributed by atoms with E-state index in [-0.39, 0.29) is 11.1 Å². The average Bonchev–Trinajstić information content (AvgIpc) is 3.36. The van der Waals surface area contributed by atoms with Gasteiger partial charge >= 0.3 is 6.18 Å². The number of alkyl halides is 3. The molecule has 2 aromatic rings. The summed E-state index contributed by atoms with van der Waals surface area (Å²) in [6, 6.07) is 3.17. The van der Waals surface area contributed by atoms with Crippen LogP contribution in [-0.4, -0.2) is 56.8 Å². The number of hydrogen-bond acceptors (Lipinski definition) is 4. The maximum absolute atomic E-state index is 13.3. The lowest BCUT2D eigenvalue weighted by atomic mass is 10.1. The van der Waals surface area contributed by atoms with E-state index in [0.29, 0.717) is 37.2 Å². The monoisotopic (exact) mass is 471 g/mol. The summed E-state index contributed by atoms with van der Waals surface area (Å²) < 4.78 is 39.5. The highest BCUT2D eigenvalue weighted by molar-refractivity contribution is 6.32. The van der Waals surface area contributed by atoms with Crippen molar-refractivity contribution in [1.29, 1.82) is 0 Å². The minimum Gasteiger partial charge on any atom is -0.340 e. The van der Waals surface area contributed by atoms with Crippen molar-refractivity contribution in [3.8, 4) is 5.69 Å². The van der Waals surface area contributed by atoms with Gasteiger partial charge in [0, 0.05) is 38.2 Å². The van der Waals surface area contributed by atoms with E-state index in [4.69, 9.17) is 11.6 Å². The zero-order valence-electron chi connectivity index (χ0n) is 17.8. The molecule has 0 aliphatic heterocycles. The Morgan fingerprint density at radius 1 is 1.31 bits per heavy atom. The third-order valence-corrected chi connectivity index (χ3v) is 5.94. The van der Waals surface area contributed by atoms with Gasteiger partial charge in [-0.15, -0.1) is 0 Å². The number of amides is 2. The van der Waals surface area contributed by atoms with Crippen LogP contribution in [0.5, 0.6) is 0 Å². The van der Waals surface area contributed by atoms with E-state index in [9.17, 15) is 22.8 Å². The van der Waals surface area contributed by atoms with E-state index in [2.05, 4.69) is 10.1 Å². The second kappa shape index (κ2) is 9.89. The van der Waals surface area contributed by atoms with Crippen molar-refractivity contribution < 1.29 is 22.8 Å². The summed E-state index contributed by atoms with van der Waals surface area (Å²) in [5.41, 5.74) is 1.14. The topological polar surface area (TPSA) is 71.3 Å². The minimum absolute atomic E-state index is 0.161. The van der Waals surface area contributed by atoms with Crippen molar-refractivity contribution in [1.82, 2.24) is 19.7 Å². The van der Waals surface area contributed by atoms with Gasteiger partial charge in [-0.3, -0.25) is 14.6 Å². The van der Waals surface area contributed by atoms with Crippen LogP contribution in [0.2, 0.25) is 5.15 Å². The van der Waals surface area contributed by atoms with Gasteiger partial charge in [-0.25, -0.2) is 4.68 Å². The molecule has 0 bridgehead atoms. The smallest absolute Gasteiger partial charge is 0.340 e. The molecule has 0 N–H and O–H groups in total. The molecule has 0 spiro atoms. The van der Waals surface area contributed by atoms with Crippen LogP contribution < -0.4 is 4.90 Å². The maximum Gasteiger partial charge on any atom is 0.390 e. The number of halogens is 4. The lowest BCUT2D eigenvalue weighted by molar-refractivity contribution is -0.146. The lowest BCUT2D eigenvalue weighted by Crippen LogP contribution is -2.41. The van der Waals surface area contributed by atoms with Gasteiger partial charge in [0.15, 0.2) is 5.15 Å². The number of hydrogen-bond donors (Lipinski definition) is 0. The summed E-state index contributed by atoms with van der Waals surface area (Å²) in [5, 5.41) is 4.42. The van der Waals surface area contributed by atoms with Crippen LogP contribution in [0.4, 0.5) is 18.9 Å². The Hall–Kier alpha value is -2.62. The van der Waals surface area contributed by atoms with E-state index >= 15 is 0 Å². The molecular formula is C21H25ClF3N5O2. The molecule has 0 saturated heterocycles. The molecule has 2 amide bonds. The van der Waals surface area contributed by atoms with Crippen LogP contribution in [0.25, 0.3) is 5.69 Å². The van der Waals surface area contributed by atoms with Crippen molar-refractivity contribution in [2.45, 2.75) is 51.7 Å². The summed E-state index contributed by atoms with van der Waals surface area (Å²) in [6.45, 7) is 3.03. The number of rotatable bonds is 7. The van der Waals surface area contributed by atoms with E-state index in [0.717, 1.165) is 0 Å². The highest BCUT2D eigenvalue weighted by Gasteiger charge is 2.38. The first kappa shape index (κ1) is 24.0. The molecule has 1 aliphatic carbocycles. The van der Waals surface area contributed by atoms with Crippen LogP contribution in [0.1, 0.15) is 39.5 Å². The maximum atomic E-state index is 13.3. The first-order chi connectivity index (χ1) is 15.1. The average molecular weight is 472 g/mol. The van der Waals surface area contributed by atoms with Gasteiger partial charge in [0.1, 0.15) is 5.69 Å². The number of nitrogens with zero attached hydrogens (tertiary/aromatic N) is 5. The number of carbonyl (C=O) groups excluding carboxylic acids is 2. The van der Waals surface area contributed by atoms with Crippen LogP contribution in [0.3, 0.4) is 0 Å². The number of pyridine rings is 1. The largest absolute Gasteiger partial charge is 0.390 e. The van der Waals surface area contributed by atoms with E-state index in [1.165, 1.54) is 21.4 Å². The normalized spacial score (nSPS) is 18.6. The molecule has 174 valence electrons. The summed E-state index contributed by atoms with van der Waals surface area (Å²) in [6.07, 6.45) is 0.784. The molecule has 11 heteroatoms. The van der Waals surface area contributed by atoms with Gasteiger partial charge in [-0.1, -0.05) is 11.6 Å². The lowest BCUT2D eigenvalue weighted by Gasteiger charge is -2.29. The Balaban J connectivity index is 1.73. The van der Waals surface area contributed by atoms with Crippen molar-refractivity contribution in [3.05, 3.63) is 35.9 Å². The molecule has 2 aromatic heterocycles. The molecule has 2 atom stereocenters. The Morgan fingerprint density at radius 3 is 2.66 bits per heavy atom. The molecular weight excluding hydrogens is 447 g/mol. The Bertz CT molecular complexity index is 951. The number of aromatic nitrogens is 3. The van der Waals surface area contributed by atoms with Crippen molar-refractivity contribution in [2.75, 3.05) is 18.0 Å². The zero-order chi connectivity index (χ0) is 23.5. The van der Waals surface area contributed by atoms with Crippen LogP contribution in [0, 0.1) is 5.92 Å². The molecule has 1 saturated carbocycles. The predicted octanol–water partition coefficient (Wildman–Crippen LogP) is 4.24. The summed E-state index contributed by atoms with van der Waals surface area (Å²) >= 11 is 6.32. The summed E-state index contributed by atoms with van der Waals surface area (Å²) in [4.78, 5) is 32.0. The molecule has 7 nitrogen and oxygen atoms in total. The molecule has 1 aliphatic rings. The van der Waals surface area contributed by atoms with E-state index in [1.54, 1.807) is 30.7 Å². The molecule has 3 rings (SSSR count). The Labute approximate surface area is 189 Å². The fourth-order valence-electron chi connectivity index (χ4n) is 4.12. The highest BCUT2D eigenvalue weighted by atomic mass is 35.5. The van der Waals surface area contributed by atoms with Crippen LogP contribution in [0.15, 0.2) is 30.7 Å². The molecule has 0 unspecified atom stereocenters. The molecule has 0 radical (unpaired) electrons. The van der Waals surface area contributed by atoms with Gasteiger partial charge in [0.05, 0.1) is 24.5 Å². The molecule has 2 heterocycles. The summed E-state index contributed by atoms with van der Waals surface area (Å²) in [5.74, 6) is -1.01. The van der Waals surface area contributed by atoms with Gasteiger partial charge in [0.2, 0.25) is 11.8 Å². The third kappa shape index (κ3) is 5.59. The summed E-state index contributed by atoms with van der Waals surface area (Å²) in [7, 11) is 0. The number of carbonyl (C=O) groups is 2. The highest BCUT2D eigenvalue weighted by Crippen LogP contribution is 2.35. The van der Waals surface area contributed by atoms with Crippen molar-refractivity contribution in [3.63, 3.8) is 0 Å². The fourth-order valence-corrected chi connectivity index (χ4v) is 4.35. The quantitative estimate of drug-likeness (QED) is 0.605. The second-order valence-electron chi connectivity index (χ2n) is 7.78. The van der Waals surface area contributed by atoms with Crippen molar-refractivity contribution >= 4 is 29.1 Å². The van der Waals surface area contributed by atoms with Gasteiger partial charge < -0.3 is 9.80 Å². The van der Waals surface area contributed by atoms with Gasteiger partial charge in [-0.05, 0) is 38.3 Å². The van der Waals surface area contributed by atoms with Gasteiger partial charge in [-0.2, -0.15) is 18.3 Å². The Kier molecular flexibility index (Phi) is 7.43. The fraction of sp³-hybridized carbons (Fsp3) is 0.524. The number of anilines is 1.